The van der Waals surface area contributed by atoms with Gasteiger partial charge in [-0.1, -0.05) is 6.92 Å². The minimum absolute atomic E-state index is 0.343. The zero-order valence-corrected chi connectivity index (χ0v) is 8.85. The highest BCUT2D eigenvalue weighted by Crippen LogP contribution is 2.24. The number of quaternary nitrogens is 1. The summed E-state index contributed by atoms with van der Waals surface area (Å²) in [5.41, 5.74) is 0.409. The van der Waals surface area contributed by atoms with Crippen molar-refractivity contribution in [3.8, 4) is 0 Å². The number of rotatable bonds is 3. The van der Waals surface area contributed by atoms with Crippen LogP contribution in [0.1, 0.15) is 13.3 Å². The number of benzene rings is 1. The molecule has 0 N–H and O–H groups in total. The van der Waals surface area contributed by atoms with Crippen LogP contribution in [0.2, 0.25) is 0 Å². The molecule has 0 bridgehead atoms. The Morgan fingerprint density at radius 2 is 1.86 bits per heavy atom. The van der Waals surface area contributed by atoms with Gasteiger partial charge < -0.3 is 0 Å². The fraction of sp³-hybridized carbons (Fsp3) is 0.455. The van der Waals surface area contributed by atoms with Gasteiger partial charge in [-0.15, -0.1) is 0 Å². The van der Waals surface area contributed by atoms with Gasteiger partial charge in [-0.05, 0) is 18.6 Å². The second-order valence-electron chi connectivity index (χ2n) is 4.00. The molecule has 0 heterocycles. The van der Waals surface area contributed by atoms with Crippen molar-refractivity contribution in [2.24, 2.45) is 0 Å². The quantitative estimate of drug-likeness (QED) is 0.658. The van der Waals surface area contributed by atoms with E-state index in [0.717, 1.165) is 19.0 Å². The van der Waals surface area contributed by atoms with Crippen LogP contribution in [-0.4, -0.2) is 20.6 Å². The third-order valence-electron chi connectivity index (χ3n) is 2.34. The lowest BCUT2D eigenvalue weighted by molar-refractivity contribution is 0.380. The largest absolute Gasteiger partial charge is 0.293 e. The first kappa shape index (κ1) is 11.1. The molecule has 0 saturated heterocycles. The van der Waals surface area contributed by atoms with E-state index < -0.39 is 0 Å². The summed E-state index contributed by atoms with van der Waals surface area (Å²) in [6.07, 6.45) is 0.933. The minimum Gasteiger partial charge on any atom is -0.293 e. The number of halogens is 2. The van der Waals surface area contributed by atoms with Crippen LogP contribution >= 0.6 is 0 Å². The molecule has 0 amide bonds. The fourth-order valence-corrected chi connectivity index (χ4v) is 1.63. The predicted octanol–water partition coefficient (Wildman–Crippen LogP) is 2.94. The summed E-state index contributed by atoms with van der Waals surface area (Å²) in [7, 11) is 3.75. The van der Waals surface area contributed by atoms with Crippen molar-refractivity contribution in [1.29, 1.82) is 0 Å². The highest BCUT2D eigenvalue weighted by atomic mass is 19.1. The lowest BCUT2D eigenvalue weighted by Crippen LogP contribution is -2.41. The standard InChI is InChI=1S/C11H16F2N/c1-4-7-14(2,3)11-8-9(12)5-6-10(11)13/h5-6,8H,4,7H2,1-3H3/q+1. The molecule has 0 aliphatic rings. The lowest BCUT2D eigenvalue weighted by Gasteiger charge is -2.29. The van der Waals surface area contributed by atoms with Gasteiger partial charge >= 0.3 is 0 Å². The highest BCUT2D eigenvalue weighted by Gasteiger charge is 2.22. The molecule has 0 atom stereocenters. The molecule has 14 heavy (non-hydrogen) atoms. The van der Waals surface area contributed by atoms with Gasteiger partial charge in [0.1, 0.15) is 5.82 Å². The summed E-state index contributed by atoms with van der Waals surface area (Å²) in [6, 6.07) is 3.59. The van der Waals surface area contributed by atoms with Crippen LogP contribution < -0.4 is 4.48 Å². The first-order chi connectivity index (χ1) is 6.47. The van der Waals surface area contributed by atoms with Gasteiger partial charge in [-0.3, -0.25) is 4.48 Å². The van der Waals surface area contributed by atoms with E-state index in [4.69, 9.17) is 0 Å². The molecule has 0 radical (unpaired) electrons. The summed E-state index contributed by atoms with van der Waals surface area (Å²) in [6.45, 7) is 2.82. The molecule has 0 spiro atoms. The zero-order valence-electron chi connectivity index (χ0n) is 8.85. The van der Waals surface area contributed by atoms with Gasteiger partial charge in [0, 0.05) is 6.07 Å². The van der Waals surface area contributed by atoms with Crippen molar-refractivity contribution in [2.45, 2.75) is 13.3 Å². The average molecular weight is 200 g/mol. The Morgan fingerprint density at radius 1 is 1.21 bits per heavy atom. The van der Waals surface area contributed by atoms with Crippen LogP contribution in [0.5, 0.6) is 0 Å². The smallest absolute Gasteiger partial charge is 0.184 e. The molecule has 1 nitrogen and oxygen atoms in total. The average Bonchev–Trinajstić information content (AvgIpc) is 2.09. The van der Waals surface area contributed by atoms with E-state index in [9.17, 15) is 8.78 Å². The molecule has 0 fully saturated rings. The third-order valence-corrected chi connectivity index (χ3v) is 2.34. The normalized spacial score (nSPS) is 11.8. The summed E-state index contributed by atoms with van der Waals surface area (Å²) in [4.78, 5) is 0. The topological polar surface area (TPSA) is 0 Å². The second-order valence-corrected chi connectivity index (χ2v) is 4.00. The number of hydrogen-bond donors (Lipinski definition) is 0. The van der Waals surface area contributed by atoms with E-state index >= 15 is 0 Å². The van der Waals surface area contributed by atoms with Gasteiger partial charge in [0.25, 0.3) is 0 Å². The van der Waals surface area contributed by atoms with Crippen molar-refractivity contribution >= 4 is 5.69 Å². The predicted molar refractivity (Wildman–Crippen MR) is 55.2 cm³/mol. The van der Waals surface area contributed by atoms with Crippen LogP contribution in [0.4, 0.5) is 14.5 Å². The summed E-state index contributed by atoms with van der Waals surface area (Å²) >= 11 is 0. The molecule has 1 aromatic rings. The molecule has 0 aliphatic heterocycles. The van der Waals surface area contributed by atoms with Crippen molar-refractivity contribution in [2.75, 3.05) is 20.6 Å². The molecule has 0 aromatic heterocycles. The first-order valence-corrected chi connectivity index (χ1v) is 4.76. The maximum absolute atomic E-state index is 13.4. The Hall–Kier alpha value is -0.960. The summed E-state index contributed by atoms with van der Waals surface area (Å²) < 4.78 is 26.7. The van der Waals surface area contributed by atoms with E-state index in [1.807, 2.05) is 21.0 Å². The third kappa shape index (κ3) is 2.29. The van der Waals surface area contributed by atoms with Crippen molar-refractivity contribution < 1.29 is 8.78 Å². The Kier molecular flexibility index (Phi) is 3.21. The first-order valence-electron chi connectivity index (χ1n) is 4.76. The Morgan fingerprint density at radius 3 is 2.43 bits per heavy atom. The maximum Gasteiger partial charge on any atom is 0.184 e. The highest BCUT2D eigenvalue weighted by molar-refractivity contribution is 5.43. The minimum atomic E-state index is -0.385. The molecule has 0 unspecified atom stereocenters. The monoisotopic (exact) mass is 200 g/mol. The van der Waals surface area contributed by atoms with Crippen molar-refractivity contribution in [3.63, 3.8) is 0 Å². The molecule has 1 aromatic carbocycles. The SMILES string of the molecule is CCC[N+](C)(C)c1cc(F)ccc1F. The van der Waals surface area contributed by atoms with Crippen LogP contribution in [0, 0.1) is 11.6 Å². The van der Waals surface area contributed by atoms with E-state index in [-0.39, 0.29) is 11.6 Å². The molecule has 1 rings (SSSR count). The van der Waals surface area contributed by atoms with Crippen LogP contribution in [0.15, 0.2) is 18.2 Å². The van der Waals surface area contributed by atoms with Gasteiger partial charge in [0.2, 0.25) is 0 Å². The van der Waals surface area contributed by atoms with Gasteiger partial charge in [0.15, 0.2) is 11.5 Å². The van der Waals surface area contributed by atoms with Crippen LogP contribution in [0.25, 0.3) is 0 Å². The van der Waals surface area contributed by atoms with Gasteiger partial charge in [-0.25, -0.2) is 8.78 Å². The van der Waals surface area contributed by atoms with E-state index in [2.05, 4.69) is 0 Å². The van der Waals surface area contributed by atoms with Gasteiger partial charge in [-0.2, -0.15) is 0 Å². The summed E-state index contributed by atoms with van der Waals surface area (Å²) in [5, 5.41) is 0. The molecular formula is C11H16F2N+. The molecule has 0 saturated carbocycles. The van der Waals surface area contributed by atoms with E-state index in [0.29, 0.717) is 10.2 Å². The Bertz CT molecular complexity index is 321. The Balaban J connectivity index is 3.10. The number of nitrogens with zero attached hydrogens (tertiary/aromatic N) is 1. The lowest BCUT2D eigenvalue weighted by atomic mass is 10.2. The van der Waals surface area contributed by atoms with Crippen molar-refractivity contribution in [1.82, 2.24) is 4.48 Å². The molecule has 0 aliphatic carbocycles. The van der Waals surface area contributed by atoms with E-state index in [1.54, 1.807) is 0 Å². The Labute approximate surface area is 83.6 Å². The number of hydrogen-bond acceptors (Lipinski definition) is 0. The van der Waals surface area contributed by atoms with Gasteiger partial charge in [0.05, 0.1) is 20.6 Å². The van der Waals surface area contributed by atoms with Crippen LogP contribution in [0.3, 0.4) is 0 Å². The molecular weight excluding hydrogens is 184 g/mol. The molecule has 3 heteroatoms. The van der Waals surface area contributed by atoms with Crippen LogP contribution in [-0.2, 0) is 0 Å². The van der Waals surface area contributed by atoms with Crippen molar-refractivity contribution in [3.05, 3.63) is 29.8 Å². The maximum atomic E-state index is 13.4. The fourth-order valence-electron chi connectivity index (χ4n) is 1.63. The summed E-state index contributed by atoms with van der Waals surface area (Å²) in [5.74, 6) is -0.728. The van der Waals surface area contributed by atoms with E-state index in [1.165, 1.54) is 12.1 Å². The zero-order chi connectivity index (χ0) is 10.8. The second kappa shape index (κ2) is 4.05. The molecule has 78 valence electrons.